The minimum atomic E-state index is -0.424. The van der Waals surface area contributed by atoms with Crippen LogP contribution in [-0.2, 0) is 0 Å². The molecule has 0 unspecified atom stereocenters. The van der Waals surface area contributed by atoms with E-state index < -0.39 is 5.82 Å². The molecule has 0 amide bonds. The third-order valence-corrected chi connectivity index (χ3v) is 1.78. The molecule has 14 heavy (non-hydrogen) atoms. The Bertz CT molecular complexity index is 507. The summed E-state index contributed by atoms with van der Waals surface area (Å²) in [7, 11) is 0. The van der Waals surface area contributed by atoms with E-state index in [9.17, 15) is 9.18 Å². The standard InChI is InChI=1S/C10H7FN2O/c11-8-4-7(5-12-6-8)9-2-1-3-10(14)13-9/h1-6H,(H,13,14). The maximum atomic E-state index is 12.8. The number of nitrogens with zero attached hydrogens (tertiary/aromatic N) is 1. The number of hydrogen-bond donors (Lipinski definition) is 1. The third-order valence-electron chi connectivity index (χ3n) is 1.78. The second-order valence-electron chi connectivity index (χ2n) is 2.82. The van der Waals surface area contributed by atoms with Crippen LogP contribution in [0.2, 0.25) is 0 Å². The van der Waals surface area contributed by atoms with Gasteiger partial charge in [0.05, 0.1) is 6.20 Å². The van der Waals surface area contributed by atoms with Gasteiger partial charge in [0.15, 0.2) is 0 Å². The normalized spacial score (nSPS) is 10.1. The predicted molar refractivity (Wildman–Crippen MR) is 50.3 cm³/mol. The van der Waals surface area contributed by atoms with E-state index >= 15 is 0 Å². The molecule has 2 rings (SSSR count). The second kappa shape index (κ2) is 3.41. The van der Waals surface area contributed by atoms with Crippen LogP contribution < -0.4 is 5.56 Å². The Morgan fingerprint density at radius 1 is 1.29 bits per heavy atom. The summed E-state index contributed by atoms with van der Waals surface area (Å²) in [5.74, 6) is -0.424. The minimum absolute atomic E-state index is 0.216. The lowest BCUT2D eigenvalue weighted by Crippen LogP contribution is -2.03. The first-order valence-electron chi connectivity index (χ1n) is 4.06. The summed E-state index contributed by atoms with van der Waals surface area (Å²) in [5, 5.41) is 0. The first-order valence-corrected chi connectivity index (χ1v) is 4.06. The monoisotopic (exact) mass is 190 g/mol. The number of halogens is 1. The van der Waals surface area contributed by atoms with Crippen molar-refractivity contribution in [3.8, 4) is 11.3 Å². The molecule has 0 aromatic carbocycles. The molecular formula is C10H7FN2O. The van der Waals surface area contributed by atoms with Gasteiger partial charge in [-0.15, -0.1) is 0 Å². The lowest BCUT2D eigenvalue weighted by atomic mass is 10.2. The second-order valence-corrected chi connectivity index (χ2v) is 2.82. The lowest BCUT2D eigenvalue weighted by Gasteiger charge is -1.99. The van der Waals surface area contributed by atoms with Crippen molar-refractivity contribution < 1.29 is 4.39 Å². The molecule has 2 heterocycles. The molecule has 2 aromatic rings. The van der Waals surface area contributed by atoms with E-state index in [4.69, 9.17) is 0 Å². The van der Waals surface area contributed by atoms with Gasteiger partial charge in [-0.3, -0.25) is 9.78 Å². The molecule has 70 valence electrons. The van der Waals surface area contributed by atoms with Crippen LogP contribution >= 0.6 is 0 Å². The Morgan fingerprint density at radius 2 is 2.14 bits per heavy atom. The molecule has 0 aliphatic rings. The molecule has 0 bridgehead atoms. The number of aromatic amines is 1. The Hall–Kier alpha value is -1.97. The maximum absolute atomic E-state index is 12.8. The average Bonchev–Trinajstić information content (AvgIpc) is 2.18. The fraction of sp³-hybridized carbons (Fsp3) is 0. The van der Waals surface area contributed by atoms with Gasteiger partial charge in [-0.25, -0.2) is 4.39 Å². The topological polar surface area (TPSA) is 45.8 Å². The zero-order valence-corrected chi connectivity index (χ0v) is 7.20. The van der Waals surface area contributed by atoms with Crippen molar-refractivity contribution in [2.24, 2.45) is 0 Å². The van der Waals surface area contributed by atoms with Crippen LogP contribution in [0, 0.1) is 5.82 Å². The van der Waals surface area contributed by atoms with E-state index in [1.165, 1.54) is 18.3 Å². The summed E-state index contributed by atoms with van der Waals surface area (Å²) < 4.78 is 12.8. The van der Waals surface area contributed by atoms with E-state index in [2.05, 4.69) is 9.97 Å². The SMILES string of the molecule is O=c1cccc(-c2cncc(F)c2)[nH]1. The summed E-state index contributed by atoms with van der Waals surface area (Å²) in [4.78, 5) is 17.3. The highest BCUT2D eigenvalue weighted by Gasteiger charge is 1.99. The van der Waals surface area contributed by atoms with Crippen molar-refractivity contribution in [2.75, 3.05) is 0 Å². The third kappa shape index (κ3) is 1.69. The van der Waals surface area contributed by atoms with Gasteiger partial charge >= 0.3 is 0 Å². The molecule has 1 N–H and O–H groups in total. The van der Waals surface area contributed by atoms with Crippen molar-refractivity contribution in [3.05, 3.63) is 52.8 Å². The average molecular weight is 190 g/mol. The largest absolute Gasteiger partial charge is 0.322 e. The first-order chi connectivity index (χ1) is 6.75. The molecular weight excluding hydrogens is 183 g/mol. The quantitative estimate of drug-likeness (QED) is 0.741. The Labute approximate surface area is 79.3 Å². The molecule has 4 heteroatoms. The first kappa shape index (κ1) is 8.62. The highest BCUT2D eigenvalue weighted by molar-refractivity contribution is 5.57. The lowest BCUT2D eigenvalue weighted by molar-refractivity contribution is 0.622. The van der Waals surface area contributed by atoms with Gasteiger partial charge in [0.2, 0.25) is 5.56 Å². The number of pyridine rings is 2. The van der Waals surface area contributed by atoms with Crippen LogP contribution in [0.4, 0.5) is 4.39 Å². The Morgan fingerprint density at radius 3 is 2.86 bits per heavy atom. The van der Waals surface area contributed by atoms with Crippen LogP contribution in [0.5, 0.6) is 0 Å². The van der Waals surface area contributed by atoms with Crippen molar-refractivity contribution in [1.29, 1.82) is 0 Å². The van der Waals surface area contributed by atoms with E-state index in [0.29, 0.717) is 11.3 Å². The summed E-state index contributed by atoms with van der Waals surface area (Å²) in [6.45, 7) is 0. The van der Waals surface area contributed by atoms with E-state index in [1.54, 1.807) is 12.1 Å². The van der Waals surface area contributed by atoms with Crippen LogP contribution in [0.1, 0.15) is 0 Å². The minimum Gasteiger partial charge on any atom is -0.322 e. The fourth-order valence-corrected chi connectivity index (χ4v) is 1.18. The molecule has 0 atom stereocenters. The Kier molecular flexibility index (Phi) is 2.10. The smallest absolute Gasteiger partial charge is 0.248 e. The number of hydrogen-bond acceptors (Lipinski definition) is 2. The van der Waals surface area contributed by atoms with E-state index in [-0.39, 0.29) is 5.56 Å². The number of aromatic nitrogens is 2. The summed E-state index contributed by atoms with van der Waals surface area (Å²) in [6, 6.07) is 6.02. The number of nitrogens with one attached hydrogen (secondary N) is 1. The van der Waals surface area contributed by atoms with Gasteiger partial charge in [0.1, 0.15) is 5.82 Å². The van der Waals surface area contributed by atoms with Gasteiger partial charge in [0.25, 0.3) is 0 Å². The molecule has 0 aliphatic heterocycles. The highest BCUT2D eigenvalue weighted by Crippen LogP contribution is 2.14. The number of H-pyrrole nitrogens is 1. The van der Waals surface area contributed by atoms with Gasteiger partial charge in [-0.1, -0.05) is 6.07 Å². The van der Waals surface area contributed by atoms with Crippen LogP contribution in [-0.4, -0.2) is 9.97 Å². The van der Waals surface area contributed by atoms with Gasteiger partial charge in [-0.2, -0.15) is 0 Å². The van der Waals surface area contributed by atoms with Crippen LogP contribution in [0.3, 0.4) is 0 Å². The summed E-state index contributed by atoms with van der Waals surface area (Å²) >= 11 is 0. The zero-order chi connectivity index (χ0) is 9.97. The molecule has 0 saturated carbocycles. The molecule has 3 nitrogen and oxygen atoms in total. The highest BCUT2D eigenvalue weighted by atomic mass is 19.1. The summed E-state index contributed by atoms with van der Waals surface area (Å²) in [5.41, 5.74) is 0.902. The van der Waals surface area contributed by atoms with E-state index in [0.717, 1.165) is 6.20 Å². The van der Waals surface area contributed by atoms with Crippen LogP contribution in [0.25, 0.3) is 11.3 Å². The van der Waals surface area contributed by atoms with Crippen LogP contribution in [0.15, 0.2) is 41.5 Å². The van der Waals surface area contributed by atoms with Crippen molar-refractivity contribution in [1.82, 2.24) is 9.97 Å². The molecule has 0 saturated heterocycles. The summed E-state index contributed by atoms with van der Waals surface area (Å²) in [6.07, 6.45) is 2.61. The Balaban J connectivity index is 2.55. The van der Waals surface area contributed by atoms with Crippen molar-refractivity contribution in [3.63, 3.8) is 0 Å². The molecule has 0 aliphatic carbocycles. The molecule has 2 aromatic heterocycles. The van der Waals surface area contributed by atoms with Gasteiger partial charge in [0, 0.05) is 23.5 Å². The number of rotatable bonds is 1. The maximum Gasteiger partial charge on any atom is 0.248 e. The van der Waals surface area contributed by atoms with Crippen molar-refractivity contribution in [2.45, 2.75) is 0 Å². The molecule has 0 spiro atoms. The van der Waals surface area contributed by atoms with Gasteiger partial charge < -0.3 is 4.98 Å². The zero-order valence-electron chi connectivity index (χ0n) is 7.20. The molecule has 0 fully saturated rings. The fourth-order valence-electron chi connectivity index (χ4n) is 1.18. The van der Waals surface area contributed by atoms with Gasteiger partial charge in [-0.05, 0) is 12.1 Å². The molecule has 0 radical (unpaired) electrons. The predicted octanol–water partition coefficient (Wildman–Crippen LogP) is 1.58. The van der Waals surface area contributed by atoms with E-state index in [1.807, 2.05) is 0 Å². The van der Waals surface area contributed by atoms with Crippen molar-refractivity contribution >= 4 is 0 Å².